The van der Waals surface area contributed by atoms with Crippen LogP contribution in [0.25, 0.3) is 27.5 Å². The maximum atomic E-state index is 9.16. The van der Waals surface area contributed by atoms with Crippen LogP contribution in [0.4, 0.5) is 0 Å². The molecule has 26 heavy (non-hydrogen) atoms. The number of aromatic nitrogens is 1. The Kier molecular flexibility index (Phi) is 3.78. The first-order valence-electron chi connectivity index (χ1n) is 8.33. The third-order valence-corrected chi connectivity index (χ3v) is 4.75. The number of benzene rings is 3. The maximum Gasteiger partial charge on any atom is 0.119 e. The molecule has 0 radical (unpaired) electrons. The Labute approximate surface area is 151 Å². The molecule has 4 heteroatoms. The number of rotatable bonds is 3. The third kappa shape index (κ3) is 2.37. The molecule has 1 heterocycles. The van der Waals surface area contributed by atoms with Gasteiger partial charge in [-0.15, -0.1) is 0 Å². The predicted molar refractivity (Wildman–Crippen MR) is 103 cm³/mol. The molecule has 0 unspecified atom stereocenters. The number of nitriles is 1. The minimum atomic E-state index is 0.662. The fourth-order valence-corrected chi connectivity index (χ4v) is 3.47. The summed E-state index contributed by atoms with van der Waals surface area (Å²) < 4.78 is 13.1. The Balaban J connectivity index is 2.12. The van der Waals surface area contributed by atoms with E-state index in [1.54, 1.807) is 14.2 Å². The minimum Gasteiger partial charge on any atom is -0.497 e. The van der Waals surface area contributed by atoms with E-state index >= 15 is 0 Å². The lowest BCUT2D eigenvalue weighted by atomic mass is 10.1. The molecule has 0 saturated carbocycles. The summed E-state index contributed by atoms with van der Waals surface area (Å²) >= 11 is 0. The summed E-state index contributed by atoms with van der Waals surface area (Å²) in [5.41, 5.74) is 4.94. The first-order valence-corrected chi connectivity index (χ1v) is 8.33. The number of methoxy groups -OCH3 is 2. The average Bonchev–Trinajstić information content (AvgIpc) is 3.00. The van der Waals surface area contributed by atoms with Gasteiger partial charge in [-0.3, -0.25) is 0 Å². The molecule has 0 fully saturated rings. The van der Waals surface area contributed by atoms with E-state index < -0.39 is 0 Å². The summed E-state index contributed by atoms with van der Waals surface area (Å²) in [5, 5.41) is 11.4. The second kappa shape index (κ2) is 6.12. The number of hydrogen-bond donors (Lipinski definition) is 0. The molecule has 1 aromatic heterocycles. The molecule has 0 aliphatic carbocycles. The molecule has 0 bridgehead atoms. The highest BCUT2D eigenvalue weighted by Gasteiger charge is 2.15. The zero-order valence-corrected chi connectivity index (χ0v) is 14.9. The minimum absolute atomic E-state index is 0.662. The molecule has 0 spiro atoms. The van der Waals surface area contributed by atoms with Crippen LogP contribution in [0.2, 0.25) is 0 Å². The smallest absolute Gasteiger partial charge is 0.119 e. The molecule has 3 aromatic carbocycles. The number of ether oxygens (including phenoxy) is 2. The monoisotopic (exact) mass is 342 g/mol. The van der Waals surface area contributed by atoms with Crippen LogP contribution in [-0.4, -0.2) is 18.8 Å². The van der Waals surface area contributed by atoms with Gasteiger partial charge in [0, 0.05) is 16.5 Å². The molecular formula is C22H18N2O2. The fourth-order valence-electron chi connectivity index (χ4n) is 3.47. The van der Waals surface area contributed by atoms with Crippen LogP contribution in [-0.2, 0) is 0 Å². The van der Waals surface area contributed by atoms with E-state index in [0.29, 0.717) is 5.56 Å². The quantitative estimate of drug-likeness (QED) is 0.527. The van der Waals surface area contributed by atoms with Gasteiger partial charge in [0.1, 0.15) is 11.5 Å². The van der Waals surface area contributed by atoms with E-state index in [9.17, 15) is 0 Å². The highest BCUT2D eigenvalue weighted by Crippen LogP contribution is 2.36. The van der Waals surface area contributed by atoms with Gasteiger partial charge in [0.15, 0.2) is 0 Å². The van der Waals surface area contributed by atoms with Gasteiger partial charge in [-0.2, -0.15) is 5.26 Å². The molecule has 0 aliphatic heterocycles. The Bertz CT molecular complexity index is 1120. The van der Waals surface area contributed by atoms with Crippen molar-refractivity contribution in [1.29, 1.82) is 5.26 Å². The molecule has 128 valence electrons. The first kappa shape index (κ1) is 16.0. The summed E-state index contributed by atoms with van der Waals surface area (Å²) in [5.74, 6) is 1.63. The zero-order valence-electron chi connectivity index (χ0n) is 14.9. The number of aryl methyl sites for hydroxylation is 1. The molecular weight excluding hydrogens is 324 g/mol. The summed E-state index contributed by atoms with van der Waals surface area (Å²) in [4.78, 5) is 0. The van der Waals surface area contributed by atoms with Gasteiger partial charge >= 0.3 is 0 Å². The van der Waals surface area contributed by atoms with Crippen molar-refractivity contribution in [2.75, 3.05) is 14.2 Å². The molecule has 0 aliphatic rings. The van der Waals surface area contributed by atoms with Crippen molar-refractivity contribution in [1.82, 2.24) is 4.57 Å². The van der Waals surface area contributed by atoms with Gasteiger partial charge in [0.25, 0.3) is 0 Å². The van der Waals surface area contributed by atoms with E-state index in [4.69, 9.17) is 14.7 Å². The fraction of sp³-hybridized carbons (Fsp3) is 0.136. The van der Waals surface area contributed by atoms with Gasteiger partial charge in [-0.1, -0.05) is 0 Å². The molecule has 0 atom stereocenters. The van der Waals surface area contributed by atoms with Crippen molar-refractivity contribution in [3.8, 4) is 23.3 Å². The summed E-state index contributed by atoms with van der Waals surface area (Å²) in [6.45, 7) is 2.03. The first-order chi connectivity index (χ1) is 12.7. The van der Waals surface area contributed by atoms with E-state index in [1.807, 2.05) is 49.4 Å². The SMILES string of the molecule is COc1ccc2c(c1)c1cc(OC)ccc1n2-c1ccc(C#N)cc1C. The van der Waals surface area contributed by atoms with Crippen molar-refractivity contribution >= 4 is 21.8 Å². The van der Waals surface area contributed by atoms with E-state index in [1.165, 1.54) is 0 Å². The number of hydrogen-bond acceptors (Lipinski definition) is 3. The van der Waals surface area contributed by atoms with Gasteiger partial charge < -0.3 is 14.0 Å². The second-order valence-corrected chi connectivity index (χ2v) is 6.21. The molecule has 4 rings (SSSR count). The second-order valence-electron chi connectivity index (χ2n) is 6.21. The number of nitrogens with zero attached hydrogens (tertiary/aromatic N) is 2. The van der Waals surface area contributed by atoms with Crippen LogP contribution in [0, 0.1) is 18.3 Å². The van der Waals surface area contributed by atoms with Gasteiger partial charge in [0.05, 0.1) is 36.9 Å². The topological polar surface area (TPSA) is 47.2 Å². The zero-order chi connectivity index (χ0) is 18.3. The lowest BCUT2D eigenvalue weighted by Crippen LogP contribution is -1.97. The normalized spacial score (nSPS) is 10.8. The van der Waals surface area contributed by atoms with E-state index in [0.717, 1.165) is 44.6 Å². The van der Waals surface area contributed by atoms with Crippen LogP contribution in [0.3, 0.4) is 0 Å². The molecule has 0 amide bonds. The standard InChI is InChI=1S/C22H18N2O2/c1-14-10-15(13-23)4-7-20(14)24-21-8-5-16(25-2)11-18(21)19-12-17(26-3)6-9-22(19)24/h4-12H,1-3H3. The van der Waals surface area contributed by atoms with Crippen LogP contribution in [0.5, 0.6) is 11.5 Å². The largest absolute Gasteiger partial charge is 0.497 e. The van der Waals surface area contributed by atoms with Crippen LogP contribution < -0.4 is 9.47 Å². The Morgan fingerprint density at radius 1 is 0.808 bits per heavy atom. The maximum absolute atomic E-state index is 9.16. The van der Waals surface area contributed by atoms with Crippen molar-refractivity contribution in [2.45, 2.75) is 6.92 Å². The van der Waals surface area contributed by atoms with Gasteiger partial charge in [-0.05, 0) is 67.1 Å². The van der Waals surface area contributed by atoms with Crippen molar-refractivity contribution in [2.24, 2.45) is 0 Å². The number of fused-ring (bicyclic) bond motifs is 3. The molecule has 4 aromatic rings. The third-order valence-electron chi connectivity index (χ3n) is 4.75. The Hall–Kier alpha value is -3.45. The van der Waals surface area contributed by atoms with Crippen LogP contribution in [0.15, 0.2) is 54.6 Å². The van der Waals surface area contributed by atoms with Crippen molar-refractivity contribution in [3.63, 3.8) is 0 Å². The van der Waals surface area contributed by atoms with Crippen LogP contribution in [0.1, 0.15) is 11.1 Å². The summed E-state index contributed by atoms with van der Waals surface area (Å²) in [6, 6.07) is 20.1. The summed E-state index contributed by atoms with van der Waals surface area (Å²) in [7, 11) is 3.34. The van der Waals surface area contributed by atoms with Crippen molar-refractivity contribution in [3.05, 3.63) is 65.7 Å². The van der Waals surface area contributed by atoms with E-state index in [-0.39, 0.29) is 0 Å². The van der Waals surface area contributed by atoms with Crippen LogP contribution >= 0.6 is 0 Å². The molecule has 0 saturated heterocycles. The highest BCUT2D eigenvalue weighted by molar-refractivity contribution is 6.10. The lowest BCUT2D eigenvalue weighted by Gasteiger charge is -2.11. The lowest BCUT2D eigenvalue weighted by molar-refractivity contribution is 0.415. The average molecular weight is 342 g/mol. The van der Waals surface area contributed by atoms with Gasteiger partial charge in [-0.25, -0.2) is 0 Å². The Morgan fingerprint density at radius 2 is 1.38 bits per heavy atom. The summed E-state index contributed by atoms with van der Waals surface area (Å²) in [6.07, 6.45) is 0. The highest BCUT2D eigenvalue weighted by atomic mass is 16.5. The van der Waals surface area contributed by atoms with Crippen molar-refractivity contribution < 1.29 is 9.47 Å². The molecule has 0 N–H and O–H groups in total. The van der Waals surface area contributed by atoms with Gasteiger partial charge in [0.2, 0.25) is 0 Å². The molecule has 4 nitrogen and oxygen atoms in total. The Morgan fingerprint density at radius 3 is 1.85 bits per heavy atom. The predicted octanol–water partition coefficient (Wildman–Crippen LogP) is 4.98. The van der Waals surface area contributed by atoms with E-state index in [2.05, 4.69) is 22.8 Å².